The molecule has 11 heteroatoms. The highest BCUT2D eigenvalue weighted by molar-refractivity contribution is 6.03. The van der Waals surface area contributed by atoms with Crippen molar-refractivity contribution in [1.29, 1.82) is 0 Å². The van der Waals surface area contributed by atoms with Crippen molar-refractivity contribution >= 4 is 40.3 Å². The number of furan rings is 1. The van der Waals surface area contributed by atoms with Gasteiger partial charge in [0.2, 0.25) is 11.8 Å². The van der Waals surface area contributed by atoms with Crippen LogP contribution in [0.15, 0.2) is 64.0 Å². The predicted molar refractivity (Wildman–Crippen MR) is 184 cm³/mol. The quantitative estimate of drug-likeness (QED) is 0.162. The monoisotopic (exact) mass is 660 g/mol. The van der Waals surface area contributed by atoms with Gasteiger partial charge in [0, 0.05) is 29.3 Å². The van der Waals surface area contributed by atoms with Crippen molar-refractivity contribution in [2.24, 2.45) is 16.7 Å². The van der Waals surface area contributed by atoms with Gasteiger partial charge in [-0.05, 0) is 67.6 Å². The van der Waals surface area contributed by atoms with Crippen LogP contribution in [0, 0.1) is 23.7 Å². The zero-order valence-corrected chi connectivity index (χ0v) is 29.0. The Hall–Kier alpha value is -4.67. The van der Waals surface area contributed by atoms with Gasteiger partial charge in [-0.3, -0.25) is 19.2 Å². The molecule has 0 bridgehead atoms. The van der Waals surface area contributed by atoms with Gasteiger partial charge in [0.25, 0.3) is 11.5 Å². The maximum Gasteiger partial charge on any atom is 0.330 e. The van der Waals surface area contributed by atoms with Crippen LogP contribution in [0.5, 0.6) is 0 Å². The summed E-state index contributed by atoms with van der Waals surface area (Å²) in [6, 6.07) is 9.14. The molecule has 1 aromatic carbocycles. The number of anilines is 1. The highest BCUT2D eigenvalue weighted by atomic mass is 16.5. The molecule has 1 saturated carbocycles. The average Bonchev–Trinajstić information content (AvgIpc) is 3.46. The van der Waals surface area contributed by atoms with Crippen LogP contribution in [0.25, 0.3) is 11.0 Å². The molecule has 1 aliphatic carbocycles. The van der Waals surface area contributed by atoms with Gasteiger partial charge in [-0.15, -0.1) is 0 Å². The number of nitrogens with one attached hydrogen (secondary N) is 3. The van der Waals surface area contributed by atoms with Gasteiger partial charge in [0.15, 0.2) is 5.76 Å². The number of rotatable bonds is 13. The van der Waals surface area contributed by atoms with Gasteiger partial charge in [0.05, 0.1) is 7.11 Å². The summed E-state index contributed by atoms with van der Waals surface area (Å²) in [6.07, 6.45) is 7.47. The number of para-hydroxylation sites is 1. The number of carbonyl (C=O) groups is 4. The second kappa shape index (κ2) is 15.0. The molecule has 4 unspecified atom stereocenters. The van der Waals surface area contributed by atoms with E-state index < -0.39 is 29.4 Å². The number of pyridine rings is 1. The van der Waals surface area contributed by atoms with E-state index in [-0.39, 0.29) is 53.6 Å². The first-order valence-corrected chi connectivity index (χ1v) is 16.6. The van der Waals surface area contributed by atoms with Crippen LogP contribution in [0.4, 0.5) is 5.69 Å². The summed E-state index contributed by atoms with van der Waals surface area (Å²) >= 11 is 0. The van der Waals surface area contributed by atoms with Gasteiger partial charge in [0.1, 0.15) is 23.9 Å². The van der Waals surface area contributed by atoms with Gasteiger partial charge < -0.3 is 29.7 Å². The Kier molecular flexibility index (Phi) is 11.3. The van der Waals surface area contributed by atoms with Crippen LogP contribution >= 0.6 is 0 Å². The average molecular weight is 661 g/mol. The molecule has 1 aliphatic rings. The summed E-state index contributed by atoms with van der Waals surface area (Å²) in [5.74, 6) is -1.57. The third kappa shape index (κ3) is 7.55. The van der Waals surface area contributed by atoms with E-state index in [4.69, 9.17) is 4.42 Å². The van der Waals surface area contributed by atoms with Gasteiger partial charge >= 0.3 is 5.97 Å². The Morgan fingerprint density at radius 1 is 1.12 bits per heavy atom. The SMILES string of the molecule is CCCC1(C)C(NC(=O)Cn2cccc(NC(=O)C(CC/C=C/C(=O)OC)NC(=O)c3oc4ccccc4c3C)c2=O)CC(C)C1(C)C. The smallest absolute Gasteiger partial charge is 0.330 e. The number of amides is 3. The van der Waals surface area contributed by atoms with Crippen molar-refractivity contribution in [2.75, 3.05) is 12.4 Å². The summed E-state index contributed by atoms with van der Waals surface area (Å²) in [5.41, 5.74) is 0.517. The fraction of sp³-hybridized carbons (Fsp3) is 0.486. The number of allylic oxidation sites excluding steroid dienone is 1. The zero-order chi connectivity index (χ0) is 35.2. The number of ether oxygens (including phenoxy) is 1. The van der Waals surface area contributed by atoms with Crippen molar-refractivity contribution in [2.45, 2.75) is 92.3 Å². The molecule has 0 radical (unpaired) electrons. The molecule has 3 amide bonds. The summed E-state index contributed by atoms with van der Waals surface area (Å²) < 4.78 is 11.7. The molecule has 0 saturated heterocycles. The second-order valence-electron chi connectivity index (χ2n) is 13.6. The number of aromatic nitrogens is 1. The molecule has 4 rings (SSSR count). The first-order valence-electron chi connectivity index (χ1n) is 16.6. The van der Waals surface area contributed by atoms with Crippen molar-refractivity contribution < 1.29 is 28.3 Å². The van der Waals surface area contributed by atoms with E-state index in [1.807, 2.05) is 12.1 Å². The number of fused-ring (bicyclic) bond motifs is 1. The lowest BCUT2D eigenvalue weighted by molar-refractivity contribution is -0.134. The minimum absolute atomic E-state index is 0.0264. The Labute approximate surface area is 281 Å². The van der Waals surface area contributed by atoms with Crippen LogP contribution in [0.2, 0.25) is 0 Å². The minimum Gasteiger partial charge on any atom is -0.466 e. The van der Waals surface area contributed by atoms with Crippen molar-refractivity contribution in [3.05, 3.63) is 76.4 Å². The van der Waals surface area contributed by atoms with Crippen LogP contribution in [-0.4, -0.2) is 47.5 Å². The number of hydrogen-bond acceptors (Lipinski definition) is 7. The molecule has 11 nitrogen and oxygen atoms in total. The minimum atomic E-state index is -1.09. The van der Waals surface area contributed by atoms with Gasteiger partial charge in [-0.2, -0.15) is 0 Å². The molecule has 0 aliphatic heterocycles. The van der Waals surface area contributed by atoms with Crippen LogP contribution in [0.1, 0.15) is 82.8 Å². The van der Waals surface area contributed by atoms with E-state index in [2.05, 4.69) is 55.3 Å². The molecular weight excluding hydrogens is 612 g/mol. The van der Waals surface area contributed by atoms with E-state index >= 15 is 0 Å². The van der Waals surface area contributed by atoms with E-state index in [0.717, 1.165) is 24.6 Å². The predicted octanol–water partition coefficient (Wildman–Crippen LogP) is 5.51. The molecular formula is C37H48N4O7. The van der Waals surface area contributed by atoms with Crippen molar-refractivity contribution in [3.63, 3.8) is 0 Å². The van der Waals surface area contributed by atoms with E-state index in [1.165, 1.54) is 36.1 Å². The fourth-order valence-electron chi connectivity index (χ4n) is 6.92. The molecule has 4 atom stereocenters. The maximum atomic E-state index is 13.6. The standard InChI is InChI=1S/C37H48N4O7/c1-8-19-37(6)29(21-23(2)36(37,4)5)40-30(42)22-41-20-13-16-27(35(41)46)39-33(44)26(15-10-12-18-31(43)47-7)38-34(45)32-24(3)25-14-9-11-17-28(25)48-32/h9,11-14,16-18,20,23,26,29H,8,10,15,19,21-22H2,1-7H3,(H,38,45)(H,39,44)(H,40,42)/b18-12+. The second-order valence-corrected chi connectivity index (χ2v) is 13.6. The van der Waals surface area contributed by atoms with Gasteiger partial charge in [-0.1, -0.05) is 65.3 Å². The number of methoxy groups -OCH3 is 1. The molecule has 258 valence electrons. The Morgan fingerprint density at radius 3 is 2.54 bits per heavy atom. The largest absolute Gasteiger partial charge is 0.466 e. The molecule has 0 spiro atoms. The molecule has 2 heterocycles. The molecule has 1 fully saturated rings. The number of aryl methyl sites for hydroxylation is 1. The molecule has 3 aromatic rings. The summed E-state index contributed by atoms with van der Waals surface area (Å²) in [4.78, 5) is 65.1. The molecule has 2 aromatic heterocycles. The van der Waals surface area contributed by atoms with E-state index in [0.29, 0.717) is 17.1 Å². The Bertz CT molecular complexity index is 1750. The highest BCUT2D eigenvalue weighted by Crippen LogP contribution is 2.58. The van der Waals surface area contributed by atoms with Crippen LogP contribution in [0.3, 0.4) is 0 Å². The summed E-state index contributed by atoms with van der Waals surface area (Å²) in [7, 11) is 1.26. The summed E-state index contributed by atoms with van der Waals surface area (Å²) in [5, 5.41) is 9.34. The number of esters is 1. The Morgan fingerprint density at radius 2 is 1.85 bits per heavy atom. The number of hydrogen-bond donors (Lipinski definition) is 3. The topological polar surface area (TPSA) is 149 Å². The summed E-state index contributed by atoms with van der Waals surface area (Å²) in [6.45, 7) is 12.7. The zero-order valence-electron chi connectivity index (χ0n) is 29.0. The van der Waals surface area contributed by atoms with E-state index in [1.54, 1.807) is 25.1 Å². The normalized spacial score (nSPS) is 20.8. The lowest BCUT2D eigenvalue weighted by Crippen LogP contribution is -2.49. The van der Waals surface area contributed by atoms with Crippen molar-refractivity contribution in [1.82, 2.24) is 15.2 Å². The first kappa shape index (κ1) is 36.2. The third-order valence-corrected chi connectivity index (χ3v) is 10.5. The fourth-order valence-corrected chi connectivity index (χ4v) is 6.92. The van der Waals surface area contributed by atoms with E-state index in [9.17, 15) is 24.0 Å². The first-order chi connectivity index (χ1) is 22.7. The van der Waals surface area contributed by atoms with Crippen molar-refractivity contribution in [3.8, 4) is 0 Å². The van der Waals surface area contributed by atoms with Crippen LogP contribution < -0.4 is 21.5 Å². The lowest BCUT2D eigenvalue weighted by atomic mass is 9.63. The number of carbonyl (C=O) groups excluding carboxylic acids is 4. The molecule has 48 heavy (non-hydrogen) atoms. The third-order valence-electron chi connectivity index (χ3n) is 10.5. The number of benzene rings is 1. The number of nitrogens with zero attached hydrogens (tertiary/aromatic N) is 1. The van der Waals surface area contributed by atoms with Gasteiger partial charge in [-0.25, -0.2) is 4.79 Å². The lowest BCUT2D eigenvalue weighted by Gasteiger charge is -2.44. The Balaban J connectivity index is 1.50. The maximum absolute atomic E-state index is 13.6. The molecule has 3 N–H and O–H groups in total. The van der Waals surface area contributed by atoms with Crippen LogP contribution in [-0.2, 0) is 25.7 Å². The highest BCUT2D eigenvalue weighted by Gasteiger charge is 2.55.